The molecule has 2 nitrogen and oxygen atoms in total. The molecule has 0 atom stereocenters. The number of halogens is 3. The fourth-order valence-corrected chi connectivity index (χ4v) is 2.51. The van der Waals surface area contributed by atoms with Gasteiger partial charge in [0.25, 0.3) is 0 Å². The van der Waals surface area contributed by atoms with Gasteiger partial charge in [0.15, 0.2) is 0 Å². The first kappa shape index (κ1) is 15.2. The highest BCUT2D eigenvalue weighted by molar-refractivity contribution is 5.38. The van der Waals surface area contributed by atoms with Crippen molar-refractivity contribution < 1.29 is 13.2 Å². The second-order valence-corrected chi connectivity index (χ2v) is 5.43. The van der Waals surface area contributed by atoms with Crippen molar-refractivity contribution in [2.75, 3.05) is 26.2 Å². The first-order chi connectivity index (χ1) is 9.45. The van der Waals surface area contributed by atoms with Crippen LogP contribution in [0, 0.1) is 0 Å². The fourth-order valence-electron chi connectivity index (χ4n) is 2.51. The summed E-state index contributed by atoms with van der Waals surface area (Å²) in [7, 11) is 0. The molecule has 5 heteroatoms. The van der Waals surface area contributed by atoms with Gasteiger partial charge in [-0.05, 0) is 45.4 Å². The molecule has 1 aliphatic carbocycles. The molecule has 0 bridgehead atoms. The minimum absolute atomic E-state index is 0.558. The van der Waals surface area contributed by atoms with Crippen molar-refractivity contribution in [1.29, 1.82) is 0 Å². The summed E-state index contributed by atoms with van der Waals surface area (Å²) in [5.41, 5.74) is 0.724. The molecule has 0 unspecified atom stereocenters. The second kappa shape index (κ2) is 6.48. The monoisotopic (exact) mass is 286 g/mol. The molecule has 0 amide bonds. The molecule has 0 saturated carbocycles. The summed E-state index contributed by atoms with van der Waals surface area (Å²) in [6.07, 6.45) is 2.98. The zero-order chi connectivity index (χ0) is 14.6. The molecule has 20 heavy (non-hydrogen) atoms. The molecule has 0 spiro atoms. The van der Waals surface area contributed by atoms with E-state index in [4.69, 9.17) is 0 Å². The van der Waals surface area contributed by atoms with Crippen molar-refractivity contribution in [3.8, 4) is 0 Å². The van der Waals surface area contributed by atoms with Gasteiger partial charge in [-0.15, -0.1) is 0 Å². The number of nitrogens with zero attached hydrogens (tertiary/aromatic N) is 1. The maximum Gasteiger partial charge on any atom is 0.416 e. The zero-order valence-electron chi connectivity index (χ0n) is 11.8. The molecule has 1 aliphatic heterocycles. The topological polar surface area (TPSA) is 15.3 Å². The van der Waals surface area contributed by atoms with E-state index in [1.54, 1.807) is 6.92 Å². The van der Waals surface area contributed by atoms with E-state index >= 15 is 0 Å². The molecule has 2 rings (SSSR count). The van der Waals surface area contributed by atoms with Crippen LogP contribution in [0.25, 0.3) is 0 Å². The summed E-state index contributed by atoms with van der Waals surface area (Å²) in [6.45, 7) is 5.50. The van der Waals surface area contributed by atoms with Crippen molar-refractivity contribution in [3.63, 3.8) is 0 Å². The molecular weight excluding hydrogens is 265 g/mol. The van der Waals surface area contributed by atoms with Gasteiger partial charge in [0.1, 0.15) is 0 Å². The average molecular weight is 286 g/mol. The van der Waals surface area contributed by atoms with Crippen molar-refractivity contribution in [2.24, 2.45) is 0 Å². The molecule has 1 N–H and O–H groups in total. The molecule has 2 aliphatic rings. The van der Waals surface area contributed by atoms with Crippen LogP contribution in [0.5, 0.6) is 0 Å². The Labute approximate surface area is 118 Å². The van der Waals surface area contributed by atoms with Crippen LogP contribution in [0.15, 0.2) is 35.1 Å². The summed E-state index contributed by atoms with van der Waals surface area (Å²) < 4.78 is 38.6. The van der Waals surface area contributed by atoms with Crippen LogP contribution >= 0.6 is 0 Å². The predicted octanol–water partition coefficient (Wildman–Crippen LogP) is 3.39. The van der Waals surface area contributed by atoms with Crippen molar-refractivity contribution >= 4 is 0 Å². The minimum Gasteiger partial charge on any atom is -0.384 e. The molecule has 0 radical (unpaired) electrons. The Morgan fingerprint density at radius 3 is 2.55 bits per heavy atom. The van der Waals surface area contributed by atoms with Crippen LogP contribution in [0.4, 0.5) is 13.2 Å². The third-order valence-corrected chi connectivity index (χ3v) is 3.64. The number of likely N-dealkylation sites (tertiary alicyclic amines) is 1. The smallest absolute Gasteiger partial charge is 0.384 e. The third kappa shape index (κ3) is 4.40. The van der Waals surface area contributed by atoms with E-state index in [0.717, 1.165) is 25.2 Å². The number of alkyl halides is 3. The maximum atomic E-state index is 12.9. The summed E-state index contributed by atoms with van der Waals surface area (Å²) >= 11 is 0. The van der Waals surface area contributed by atoms with Gasteiger partial charge in [-0.1, -0.05) is 17.7 Å². The predicted molar refractivity (Wildman–Crippen MR) is 74.3 cm³/mol. The van der Waals surface area contributed by atoms with E-state index in [1.807, 2.05) is 6.08 Å². The van der Waals surface area contributed by atoms with E-state index < -0.39 is 11.7 Å². The van der Waals surface area contributed by atoms with Crippen molar-refractivity contribution in [3.05, 3.63) is 35.1 Å². The van der Waals surface area contributed by atoms with Crippen LogP contribution < -0.4 is 5.32 Å². The Hall–Kier alpha value is -1.23. The molecule has 0 aromatic heterocycles. The van der Waals surface area contributed by atoms with E-state index in [9.17, 15) is 13.2 Å². The largest absolute Gasteiger partial charge is 0.416 e. The highest BCUT2D eigenvalue weighted by atomic mass is 19.4. The van der Waals surface area contributed by atoms with Gasteiger partial charge in [-0.3, -0.25) is 0 Å². The Bertz CT molecular complexity index is 427. The SMILES string of the molecule is CC1=CC(C(F)(F)F)=CC(NCCN2CCCC2)=CC1. The van der Waals surface area contributed by atoms with Crippen molar-refractivity contribution in [1.82, 2.24) is 10.2 Å². The lowest BCUT2D eigenvalue weighted by Gasteiger charge is -2.16. The molecular formula is C15H21F3N2. The van der Waals surface area contributed by atoms with Gasteiger partial charge in [-0.25, -0.2) is 0 Å². The van der Waals surface area contributed by atoms with Crippen LogP contribution in [0.3, 0.4) is 0 Å². The van der Waals surface area contributed by atoms with E-state index in [0.29, 0.717) is 18.7 Å². The van der Waals surface area contributed by atoms with Crippen LogP contribution in [0.2, 0.25) is 0 Å². The first-order valence-corrected chi connectivity index (χ1v) is 7.07. The fraction of sp³-hybridized carbons (Fsp3) is 0.600. The molecule has 1 fully saturated rings. The van der Waals surface area contributed by atoms with Gasteiger partial charge < -0.3 is 10.2 Å². The lowest BCUT2D eigenvalue weighted by molar-refractivity contribution is -0.0883. The van der Waals surface area contributed by atoms with Crippen LogP contribution in [0.1, 0.15) is 26.2 Å². The minimum atomic E-state index is -4.29. The maximum absolute atomic E-state index is 12.9. The van der Waals surface area contributed by atoms with Crippen LogP contribution in [-0.2, 0) is 0 Å². The Morgan fingerprint density at radius 2 is 1.90 bits per heavy atom. The number of nitrogens with one attached hydrogen (secondary N) is 1. The molecule has 112 valence electrons. The van der Waals surface area contributed by atoms with Gasteiger partial charge in [0.2, 0.25) is 0 Å². The van der Waals surface area contributed by atoms with E-state index in [2.05, 4.69) is 10.2 Å². The Balaban J connectivity index is 1.93. The van der Waals surface area contributed by atoms with Gasteiger partial charge in [-0.2, -0.15) is 13.2 Å². The highest BCUT2D eigenvalue weighted by Gasteiger charge is 2.32. The third-order valence-electron chi connectivity index (χ3n) is 3.64. The molecule has 1 saturated heterocycles. The second-order valence-electron chi connectivity index (χ2n) is 5.43. The summed E-state index contributed by atoms with van der Waals surface area (Å²) in [4.78, 5) is 2.34. The van der Waals surface area contributed by atoms with E-state index in [1.165, 1.54) is 25.0 Å². The number of hydrogen-bond donors (Lipinski definition) is 1. The normalized spacial score (nSPS) is 21.1. The Morgan fingerprint density at radius 1 is 1.20 bits per heavy atom. The van der Waals surface area contributed by atoms with Crippen LogP contribution in [-0.4, -0.2) is 37.3 Å². The quantitative estimate of drug-likeness (QED) is 0.852. The first-order valence-electron chi connectivity index (χ1n) is 7.07. The van der Waals surface area contributed by atoms with Gasteiger partial charge >= 0.3 is 6.18 Å². The summed E-state index contributed by atoms with van der Waals surface area (Å²) in [5.74, 6) is 0. The highest BCUT2D eigenvalue weighted by Crippen LogP contribution is 2.30. The summed E-state index contributed by atoms with van der Waals surface area (Å²) in [5, 5.41) is 3.12. The molecule has 0 aromatic carbocycles. The van der Waals surface area contributed by atoms with Crippen molar-refractivity contribution in [2.45, 2.75) is 32.4 Å². The Kier molecular flexibility index (Phi) is 4.91. The molecule has 1 heterocycles. The van der Waals surface area contributed by atoms with Gasteiger partial charge in [0.05, 0.1) is 5.57 Å². The average Bonchev–Trinajstić information content (AvgIpc) is 2.79. The summed E-state index contributed by atoms with van der Waals surface area (Å²) in [6, 6.07) is 0. The van der Waals surface area contributed by atoms with E-state index in [-0.39, 0.29) is 0 Å². The number of allylic oxidation sites excluding steroid dienone is 5. The lowest BCUT2D eigenvalue weighted by atomic mass is 10.1. The molecule has 0 aromatic rings. The zero-order valence-corrected chi connectivity index (χ0v) is 11.8. The number of hydrogen-bond acceptors (Lipinski definition) is 2. The lowest BCUT2D eigenvalue weighted by Crippen LogP contribution is -2.29. The number of rotatable bonds is 4. The standard InChI is InChI=1S/C15H21F3N2/c1-12-4-5-14(11-13(10-12)15(16,17)18)19-6-9-20-7-2-3-8-20/h5,10-11,19H,2-4,6-9H2,1H3. The van der Waals surface area contributed by atoms with Gasteiger partial charge in [0, 0.05) is 18.8 Å².